The number of anilines is 1. The van der Waals surface area contributed by atoms with E-state index >= 15 is 0 Å². The number of hydrogen-bond acceptors (Lipinski definition) is 5. The third-order valence-electron chi connectivity index (χ3n) is 3.54. The largest absolute Gasteiger partial charge is 0.365 e. The van der Waals surface area contributed by atoms with Crippen LogP contribution in [0.3, 0.4) is 0 Å². The maximum Gasteiger partial charge on any atom is 0.286 e. The van der Waals surface area contributed by atoms with Gasteiger partial charge in [-0.05, 0) is 19.1 Å². The van der Waals surface area contributed by atoms with Gasteiger partial charge in [0.05, 0.1) is 11.1 Å². The number of primary amides is 1. The maximum absolute atomic E-state index is 12.5. The van der Waals surface area contributed by atoms with Crippen LogP contribution in [0.1, 0.15) is 17.3 Å². The molecule has 2 N–H and O–H groups in total. The summed E-state index contributed by atoms with van der Waals surface area (Å²) in [5.41, 5.74) is 3.83. The van der Waals surface area contributed by atoms with E-state index in [1.165, 1.54) is 4.90 Å². The Balaban J connectivity index is 2.41. The summed E-state index contributed by atoms with van der Waals surface area (Å²) >= 11 is 0. The number of nitrogens with two attached hydrogens (primary N) is 1. The Morgan fingerprint density at radius 2 is 1.92 bits per heavy atom. The number of likely N-dealkylation sites (N-methyl/N-ethyl adjacent to an activating group) is 1. The van der Waals surface area contributed by atoms with Crippen molar-refractivity contribution >= 4 is 23.2 Å². The first-order chi connectivity index (χ1) is 11.8. The number of hydrogen-bond donors (Lipinski definition) is 1. The Bertz CT molecular complexity index is 876. The fraction of sp³-hybridized carbons (Fsp3) is 0.188. The highest BCUT2D eigenvalue weighted by molar-refractivity contribution is 5.94. The minimum Gasteiger partial charge on any atom is -0.365 e. The van der Waals surface area contributed by atoms with Crippen LogP contribution in [0, 0.1) is 10.1 Å². The fourth-order valence-electron chi connectivity index (χ4n) is 2.36. The first kappa shape index (κ1) is 17.9. The molecule has 2 rings (SSSR count). The van der Waals surface area contributed by atoms with Gasteiger partial charge >= 0.3 is 0 Å². The minimum absolute atomic E-state index is 0.342. The smallest absolute Gasteiger partial charge is 0.286 e. The van der Waals surface area contributed by atoms with Gasteiger partial charge in [0.1, 0.15) is 12.1 Å². The van der Waals surface area contributed by atoms with Gasteiger partial charge in [-0.2, -0.15) is 0 Å². The molecule has 0 aliphatic carbocycles. The average Bonchev–Trinajstić information content (AvgIpc) is 2.57. The summed E-state index contributed by atoms with van der Waals surface area (Å²) in [5, 5.41) is 11.0. The zero-order valence-electron chi connectivity index (χ0n) is 13.4. The van der Waals surface area contributed by atoms with E-state index in [1.807, 2.05) is 0 Å². The zero-order chi connectivity index (χ0) is 18.6. The molecule has 0 unspecified atom stereocenters. The number of carbonyl (C=O) groups excluding carboxylic acids is 2. The van der Waals surface area contributed by atoms with Crippen molar-refractivity contribution in [2.45, 2.75) is 13.5 Å². The number of benzene rings is 1. The van der Waals surface area contributed by atoms with Crippen molar-refractivity contribution in [3.63, 3.8) is 0 Å². The van der Waals surface area contributed by atoms with E-state index in [-0.39, 0.29) is 0 Å². The summed E-state index contributed by atoms with van der Waals surface area (Å²) in [5.74, 6) is -1.54. The molecule has 0 saturated carbocycles. The zero-order valence-corrected chi connectivity index (χ0v) is 13.4. The molecule has 2 amide bonds. The summed E-state index contributed by atoms with van der Waals surface area (Å²) < 4.78 is 0.826. The molecule has 0 fully saturated rings. The van der Waals surface area contributed by atoms with Gasteiger partial charge in [0, 0.05) is 18.3 Å². The molecule has 9 nitrogen and oxygen atoms in total. The Morgan fingerprint density at radius 1 is 1.28 bits per heavy atom. The minimum atomic E-state index is -1.09. The number of nitrogens with zero attached hydrogens (tertiary/aromatic N) is 3. The first-order valence-electron chi connectivity index (χ1n) is 7.39. The van der Waals surface area contributed by atoms with Crippen molar-refractivity contribution in [2.75, 3.05) is 11.4 Å². The van der Waals surface area contributed by atoms with Crippen molar-refractivity contribution in [3.8, 4) is 0 Å². The molecule has 0 aliphatic heterocycles. The van der Waals surface area contributed by atoms with Crippen molar-refractivity contribution in [1.29, 1.82) is 0 Å². The third-order valence-corrected chi connectivity index (χ3v) is 3.54. The maximum atomic E-state index is 12.5. The van der Waals surface area contributed by atoms with Crippen molar-refractivity contribution in [1.82, 2.24) is 4.57 Å². The number of aromatic nitrogens is 1. The van der Waals surface area contributed by atoms with Gasteiger partial charge in [0.15, 0.2) is 0 Å². The summed E-state index contributed by atoms with van der Waals surface area (Å²) in [6, 6.07) is 9.58. The molecular formula is C16H16N4O5. The standard InChI is InChI=1S/C16H16N4O5/c1-2-19(11-6-4-3-5-7-11)14(21)10-18-9-12(20(24)25)8-13(15(17)22)16(18)23/h3-9H,2,10H2,1H3,(H2,17,22). The molecule has 0 bridgehead atoms. The molecule has 130 valence electrons. The fourth-order valence-corrected chi connectivity index (χ4v) is 2.36. The summed E-state index contributed by atoms with van der Waals surface area (Å²) in [4.78, 5) is 47.8. The monoisotopic (exact) mass is 344 g/mol. The van der Waals surface area contributed by atoms with Crippen LogP contribution >= 0.6 is 0 Å². The Hall–Kier alpha value is -3.49. The predicted molar refractivity (Wildman–Crippen MR) is 90.3 cm³/mol. The van der Waals surface area contributed by atoms with Crippen molar-refractivity contribution in [3.05, 3.63) is 68.6 Å². The molecule has 0 atom stereocenters. The van der Waals surface area contributed by atoms with E-state index in [2.05, 4.69) is 0 Å². The molecular weight excluding hydrogens is 328 g/mol. The summed E-state index contributed by atoms with van der Waals surface area (Å²) in [6.07, 6.45) is 0.922. The Labute approximate surface area is 142 Å². The number of para-hydroxylation sites is 1. The average molecular weight is 344 g/mol. The van der Waals surface area contributed by atoms with Gasteiger partial charge in [-0.3, -0.25) is 29.1 Å². The van der Waals surface area contributed by atoms with Gasteiger partial charge in [0.25, 0.3) is 17.2 Å². The van der Waals surface area contributed by atoms with Gasteiger partial charge in [-0.15, -0.1) is 0 Å². The lowest BCUT2D eigenvalue weighted by Gasteiger charge is -2.21. The molecule has 25 heavy (non-hydrogen) atoms. The van der Waals surface area contributed by atoms with Gasteiger partial charge in [0.2, 0.25) is 5.91 Å². The van der Waals surface area contributed by atoms with Crippen LogP contribution in [-0.2, 0) is 11.3 Å². The molecule has 2 aromatic rings. The van der Waals surface area contributed by atoms with Crippen molar-refractivity contribution in [2.24, 2.45) is 5.73 Å². The number of nitro groups is 1. The van der Waals surface area contributed by atoms with Crippen LogP contribution in [-0.4, -0.2) is 27.8 Å². The lowest BCUT2D eigenvalue weighted by atomic mass is 10.2. The second-order valence-electron chi connectivity index (χ2n) is 5.14. The van der Waals surface area contributed by atoms with E-state index in [1.54, 1.807) is 37.3 Å². The highest BCUT2D eigenvalue weighted by atomic mass is 16.6. The highest BCUT2D eigenvalue weighted by Crippen LogP contribution is 2.14. The lowest BCUT2D eigenvalue weighted by Crippen LogP contribution is -2.38. The van der Waals surface area contributed by atoms with Crippen LogP contribution in [0.25, 0.3) is 0 Å². The molecule has 1 aromatic carbocycles. The highest BCUT2D eigenvalue weighted by Gasteiger charge is 2.21. The molecule has 0 radical (unpaired) electrons. The molecule has 1 aromatic heterocycles. The Kier molecular flexibility index (Phi) is 5.28. The lowest BCUT2D eigenvalue weighted by molar-refractivity contribution is -0.385. The van der Waals surface area contributed by atoms with Crippen LogP contribution in [0.2, 0.25) is 0 Å². The second kappa shape index (κ2) is 7.39. The van der Waals surface area contributed by atoms with E-state index in [9.17, 15) is 24.5 Å². The summed E-state index contributed by atoms with van der Waals surface area (Å²) in [7, 11) is 0. The number of amides is 2. The second-order valence-corrected chi connectivity index (χ2v) is 5.14. The van der Waals surface area contributed by atoms with E-state index in [4.69, 9.17) is 5.73 Å². The third kappa shape index (κ3) is 3.89. The molecule has 0 spiro atoms. The van der Waals surface area contributed by atoms with Crippen LogP contribution in [0.15, 0.2) is 47.4 Å². The van der Waals surface area contributed by atoms with Crippen LogP contribution in [0.4, 0.5) is 11.4 Å². The van der Waals surface area contributed by atoms with Crippen molar-refractivity contribution < 1.29 is 14.5 Å². The van der Waals surface area contributed by atoms with Gasteiger partial charge in [-0.1, -0.05) is 18.2 Å². The van der Waals surface area contributed by atoms with Crippen LogP contribution < -0.4 is 16.2 Å². The molecule has 0 aliphatic rings. The number of carbonyl (C=O) groups is 2. The van der Waals surface area contributed by atoms with E-state index in [0.717, 1.165) is 16.8 Å². The molecule has 9 heteroatoms. The predicted octanol–water partition coefficient (Wildman–Crippen LogP) is 0.908. The number of pyridine rings is 1. The summed E-state index contributed by atoms with van der Waals surface area (Å²) in [6.45, 7) is 1.65. The quantitative estimate of drug-likeness (QED) is 0.615. The topological polar surface area (TPSA) is 129 Å². The number of rotatable bonds is 6. The van der Waals surface area contributed by atoms with E-state index < -0.39 is 40.1 Å². The Morgan fingerprint density at radius 3 is 2.44 bits per heavy atom. The SMILES string of the molecule is CCN(C(=O)Cn1cc([N+](=O)[O-])cc(C(N)=O)c1=O)c1ccccc1. The molecule has 0 saturated heterocycles. The van der Waals surface area contributed by atoms with Gasteiger partial charge < -0.3 is 10.6 Å². The van der Waals surface area contributed by atoms with Crippen LogP contribution in [0.5, 0.6) is 0 Å². The normalized spacial score (nSPS) is 10.3. The van der Waals surface area contributed by atoms with Gasteiger partial charge in [-0.25, -0.2) is 0 Å². The van der Waals surface area contributed by atoms with E-state index in [0.29, 0.717) is 12.2 Å². The molecule has 1 heterocycles. The first-order valence-corrected chi connectivity index (χ1v) is 7.39.